The van der Waals surface area contributed by atoms with E-state index in [2.05, 4.69) is 16.7 Å². The second kappa shape index (κ2) is 5.98. The van der Waals surface area contributed by atoms with Gasteiger partial charge < -0.3 is 4.90 Å². The molecule has 5 nitrogen and oxygen atoms in total. The maximum Gasteiger partial charge on any atom is 0.285 e. The highest BCUT2D eigenvalue weighted by Gasteiger charge is 2.39. The molecule has 2 aliphatic heterocycles. The first-order valence-corrected chi connectivity index (χ1v) is 7.76. The number of anilines is 1. The first-order valence-electron chi connectivity index (χ1n) is 7.76. The van der Waals surface area contributed by atoms with E-state index in [4.69, 9.17) is 0 Å². The van der Waals surface area contributed by atoms with Crippen LogP contribution in [0.15, 0.2) is 18.2 Å². The van der Waals surface area contributed by atoms with E-state index in [0.29, 0.717) is 24.2 Å². The fourth-order valence-electron chi connectivity index (χ4n) is 3.57. The van der Waals surface area contributed by atoms with Crippen molar-refractivity contribution in [1.29, 1.82) is 0 Å². The van der Waals surface area contributed by atoms with Gasteiger partial charge in [0.15, 0.2) is 0 Å². The average Bonchev–Trinajstić information content (AvgIpc) is 3.06. The summed E-state index contributed by atoms with van der Waals surface area (Å²) in [5, 5.41) is 11.2. The fourth-order valence-corrected chi connectivity index (χ4v) is 3.57. The van der Waals surface area contributed by atoms with Gasteiger partial charge in [0.05, 0.1) is 11.5 Å². The average molecular weight is 299 g/mol. The molecule has 3 rings (SSSR count). The summed E-state index contributed by atoms with van der Waals surface area (Å²) in [4.78, 5) is 15.3. The van der Waals surface area contributed by atoms with E-state index in [0.717, 1.165) is 5.69 Å². The second-order valence-electron chi connectivity index (χ2n) is 6.37. The van der Waals surface area contributed by atoms with E-state index in [1.165, 1.54) is 25.7 Å². The minimum absolute atomic E-state index is 0.0987. The molecule has 2 bridgehead atoms. The van der Waals surface area contributed by atoms with Crippen molar-refractivity contribution >= 4 is 11.4 Å². The first-order chi connectivity index (χ1) is 10.6. The highest BCUT2D eigenvalue weighted by atomic mass is 16.6. The van der Waals surface area contributed by atoms with Crippen LogP contribution in [0.2, 0.25) is 0 Å². The Kier molecular flexibility index (Phi) is 4.04. The molecule has 0 amide bonds. The maximum absolute atomic E-state index is 11.2. The van der Waals surface area contributed by atoms with Crippen LogP contribution in [0.4, 0.5) is 11.4 Å². The molecule has 0 aliphatic carbocycles. The number of nitrogens with zero attached hydrogens (tertiary/aromatic N) is 3. The molecular weight excluding hydrogens is 278 g/mol. The summed E-state index contributed by atoms with van der Waals surface area (Å²) in [6.45, 7) is 0.594. The number of nitro benzene ring substituents is 1. The van der Waals surface area contributed by atoms with Crippen LogP contribution in [0.5, 0.6) is 0 Å². The van der Waals surface area contributed by atoms with Crippen molar-refractivity contribution in [2.45, 2.75) is 37.8 Å². The molecule has 116 valence electrons. The van der Waals surface area contributed by atoms with Gasteiger partial charge in [-0.3, -0.25) is 15.0 Å². The third-order valence-corrected chi connectivity index (χ3v) is 4.55. The smallest absolute Gasteiger partial charge is 0.285 e. The van der Waals surface area contributed by atoms with Gasteiger partial charge >= 0.3 is 0 Å². The summed E-state index contributed by atoms with van der Waals surface area (Å²) in [6.07, 6.45) is 4.96. The molecule has 1 aromatic carbocycles. The number of hydrogen-bond donors (Lipinski definition) is 0. The van der Waals surface area contributed by atoms with Gasteiger partial charge in [-0.1, -0.05) is 11.8 Å². The highest BCUT2D eigenvalue weighted by Crippen LogP contribution is 2.41. The summed E-state index contributed by atoms with van der Waals surface area (Å²) in [5.41, 5.74) is 1.71. The summed E-state index contributed by atoms with van der Waals surface area (Å²) < 4.78 is 0. The van der Waals surface area contributed by atoms with Crippen molar-refractivity contribution < 1.29 is 4.92 Å². The third-order valence-electron chi connectivity index (χ3n) is 4.55. The molecule has 0 spiro atoms. The monoisotopic (exact) mass is 299 g/mol. The van der Waals surface area contributed by atoms with Crippen LogP contribution in [-0.2, 0) is 0 Å². The highest BCUT2D eigenvalue weighted by molar-refractivity contribution is 5.62. The third kappa shape index (κ3) is 2.79. The van der Waals surface area contributed by atoms with E-state index in [1.54, 1.807) is 6.07 Å². The Morgan fingerprint density at radius 2 is 1.91 bits per heavy atom. The van der Waals surface area contributed by atoms with E-state index < -0.39 is 0 Å². The normalized spacial score (nSPS) is 22.8. The van der Waals surface area contributed by atoms with Crippen molar-refractivity contribution in [3.05, 3.63) is 33.9 Å². The van der Waals surface area contributed by atoms with Gasteiger partial charge in [0, 0.05) is 23.8 Å². The Balaban J connectivity index is 1.93. The molecule has 2 saturated heterocycles. The zero-order valence-electron chi connectivity index (χ0n) is 13.1. The molecule has 0 saturated carbocycles. The van der Waals surface area contributed by atoms with Gasteiger partial charge in [0.25, 0.3) is 5.69 Å². The van der Waals surface area contributed by atoms with Crippen molar-refractivity contribution in [3.8, 4) is 11.8 Å². The summed E-state index contributed by atoms with van der Waals surface area (Å²) in [5.74, 6) is 5.99. The Hall–Kier alpha value is -2.06. The van der Waals surface area contributed by atoms with E-state index in [1.807, 2.05) is 31.1 Å². The zero-order chi connectivity index (χ0) is 15.7. The Morgan fingerprint density at radius 3 is 2.45 bits per heavy atom. The standard InChI is InChI=1S/C17H21N3O2/c1-18(2)11-3-4-13-12-16(9-10-17(13)20(21)22)19-14-5-6-15(19)8-7-14/h9-10,12,14-15H,5-8,11H2,1-2H3. The number of rotatable bonds is 3. The zero-order valence-corrected chi connectivity index (χ0v) is 13.1. The lowest BCUT2D eigenvalue weighted by molar-refractivity contribution is -0.385. The molecule has 0 atom stereocenters. The molecular formula is C17H21N3O2. The van der Waals surface area contributed by atoms with Gasteiger partial charge in [0.2, 0.25) is 0 Å². The van der Waals surface area contributed by atoms with Crippen LogP contribution in [0.25, 0.3) is 0 Å². The second-order valence-corrected chi connectivity index (χ2v) is 6.37. The minimum Gasteiger partial charge on any atom is -0.366 e. The first kappa shape index (κ1) is 14.9. The molecule has 22 heavy (non-hydrogen) atoms. The predicted molar refractivity (Wildman–Crippen MR) is 87.1 cm³/mol. The quantitative estimate of drug-likeness (QED) is 0.489. The lowest BCUT2D eigenvalue weighted by Crippen LogP contribution is -2.27. The van der Waals surface area contributed by atoms with Gasteiger partial charge in [-0.05, 0) is 51.9 Å². The Morgan fingerprint density at radius 1 is 1.27 bits per heavy atom. The molecule has 2 fully saturated rings. The van der Waals surface area contributed by atoms with Crippen molar-refractivity contribution in [2.75, 3.05) is 25.5 Å². The van der Waals surface area contributed by atoms with Crippen LogP contribution in [0, 0.1) is 22.0 Å². The molecule has 2 heterocycles. The molecule has 5 heteroatoms. The van der Waals surface area contributed by atoms with Gasteiger partial charge in [-0.15, -0.1) is 0 Å². The predicted octanol–water partition coefficient (Wildman–Crippen LogP) is 2.64. The number of nitro groups is 1. The molecule has 1 aromatic rings. The van der Waals surface area contributed by atoms with Gasteiger partial charge in [-0.25, -0.2) is 0 Å². The SMILES string of the molecule is CN(C)CC#Cc1cc(N2C3CCC2CC3)ccc1[N+](=O)[O-]. The van der Waals surface area contributed by atoms with Crippen LogP contribution >= 0.6 is 0 Å². The van der Waals surface area contributed by atoms with Crippen molar-refractivity contribution in [2.24, 2.45) is 0 Å². The lowest BCUT2D eigenvalue weighted by atomic mass is 10.0. The van der Waals surface area contributed by atoms with E-state index in [-0.39, 0.29) is 10.6 Å². The summed E-state index contributed by atoms with van der Waals surface area (Å²) >= 11 is 0. The number of fused-ring (bicyclic) bond motifs is 2. The molecule has 0 aromatic heterocycles. The largest absolute Gasteiger partial charge is 0.366 e. The molecule has 0 radical (unpaired) electrons. The van der Waals surface area contributed by atoms with Gasteiger partial charge in [0.1, 0.15) is 5.56 Å². The van der Waals surface area contributed by atoms with E-state index >= 15 is 0 Å². The fraction of sp³-hybridized carbons (Fsp3) is 0.529. The summed E-state index contributed by atoms with van der Waals surface area (Å²) in [6, 6.07) is 6.60. The van der Waals surface area contributed by atoms with Crippen LogP contribution < -0.4 is 4.90 Å². The molecule has 0 unspecified atom stereocenters. The number of hydrogen-bond acceptors (Lipinski definition) is 4. The van der Waals surface area contributed by atoms with Crippen molar-refractivity contribution in [3.63, 3.8) is 0 Å². The minimum atomic E-state index is -0.345. The summed E-state index contributed by atoms with van der Waals surface area (Å²) in [7, 11) is 3.86. The molecule has 0 N–H and O–H groups in total. The lowest BCUT2D eigenvalue weighted by Gasteiger charge is -2.24. The van der Waals surface area contributed by atoms with Gasteiger partial charge in [-0.2, -0.15) is 0 Å². The van der Waals surface area contributed by atoms with E-state index in [9.17, 15) is 10.1 Å². The van der Waals surface area contributed by atoms with Crippen molar-refractivity contribution in [1.82, 2.24) is 4.90 Å². The number of benzene rings is 1. The van der Waals surface area contributed by atoms with Crippen LogP contribution in [-0.4, -0.2) is 42.5 Å². The topological polar surface area (TPSA) is 49.6 Å². The Bertz CT molecular complexity index is 625. The Labute approximate surface area is 131 Å². The van der Waals surface area contributed by atoms with Crippen LogP contribution in [0.3, 0.4) is 0 Å². The maximum atomic E-state index is 11.2. The van der Waals surface area contributed by atoms with Crippen LogP contribution in [0.1, 0.15) is 31.2 Å². The molecule has 2 aliphatic rings.